The highest BCUT2D eigenvalue weighted by atomic mass is 79.9. The summed E-state index contributed by atoms with van der Waals surface area (Å²) >= 11 is 3.25. The molecule has 0 heterocycles. The van der Waals surface area contributed by atoms with Crippen molar-refractivity contribution in [1.82, 2.24) is 0 Å². The largest absolute Gasteiger partial charge is 0.399 e. The molecule has 7 heteroatoms. The second-order valence-corrected chi connectivity index (χ2v) is 7.08. The molecule has 0 amide bonds. The number of hydrogen-bond acceptors (Lipinski definition) is 4. The first kappa shape index (κ1) is 15.4. The van der Waals surface area contributed by atoms with E-state index in [1.165, 1.54) is 24.3 Å². The smallest absolute Gasteiger partial charge is 0.262 e. The van der Waals surface area contributed by atoms with Crippen LogP contribution >= 0.6 is 15.9 Å². The zero-order valence-corrected chi connectivity index (χ0v) is 13.5. The van der Waals surface area contributed by atoms with E-state index >= 15 is 0 Å². The van der Waals surface area contributed by atoms with Gasteiger partial charge in [-0.15, -0.1) is 0 Å². The number of aryl methyl sites for hydroxylation is 1. The molecule has 0 aromatic heterocycles. The Balaban J connectivity index is 2.47. The number of hydrogen-bond donors (Lipinski definition) is 2. The average molecular weight is 366 g/mol. The van der Waals surface area contributed by atoms with Crippen LogP contribution in [-0.2, 0) is 10.0 Å². The van der Waals surface area contributed by atoms with Crippen molar-refractivity contribution in [2.75, 3.05) is 10.5 Å². The molecule has 0 aliphatic carbocycles. The van der Waals surface area contributed by atoms with Crippen LogP contribution in [0.1, 0.15) is 11.1 Å². The molecule has 0 saturated carbocycles. The minimum Gasteiger partial charge on any atom is -0.399 e. The molecule has 0 fully saturated rings. The van der Waals surface area contributed by atoms with Crippen LogP contribution in [0, 0.1) is 18.3 Å². The fraction of sp³-hybridized carbons (Fsp3) is 0.0714. The van der Waals surface area contributed by atoms with Crippen molar-refractivity contribution in [3.05, 3.63) is 52.0 Å². The number of nitrogens with zero attached hydrogens (tertiary/aromatic N) is 1. The van der Waals surface area contributed by atoms with Crippen molar-refractivity contribution in [2.45, 2.75) is 11.8 Å². The van der Waals surface area contributed by atoms with E-state index in [2.05, 4.69) is 20.7 Å². The first-order valence-electron chi connectivity index (χ1n) is 5.91. The Morgan fingerprint density at radius 3 is 2.57 bits per heavy atom. The molecule has 0 aliphatic heterocycles. The van der Waals surface area contributed by atoms with Crippen LogP contribution in [0.25, 0.3) is 0 Å². The van der Waals surface area contributed by atoms with E-state index in [-0.39, 0.29) is 16.1 Å². The molecule has 2 aromatic rings. The van der Waals surface area contributed by atoms with Crippen molar-refractivity contribution in [1.29, 1.82) is 5.26 Å². The van der Waals surface area contributed by atoms with Gasteiger partial charge < -0.3 is 5.73 Å². The summed E-state index contributed by atoms with van der Waals surface area (Å²) in [6.07, 6.45) is 0. The fourth-order valence-corrected chi connectivity index (χ4v) is 3.40. The molecule has 5 nitrogen and oxygen atoms in total. The van der Waals surface area contributed by atoms with Crippen molar-refractivity contribution in [2.24, 2.45) is 0 Å². The molecule has 2 rings (SSSR count). The summed E-state index contributed by atoms with van der Waals surface area (Å²) in [5.41, 5.74) is 7.24. The summed E-state index contributed by atoms with van der Waals surface area (Å²) in [6, 6.07) is 11.3. The molecule has 0 radical (unpaired) electrons. The molecule has 21 heavy (non-hydrogen) atoms. The number of nitrogen functional groups attached to an aromatic ring is 1. The van der Waals surface area contributed by atoms with Gasteiger partial charge in [-0.1, -0.05) is 15.9 Å². The maximum atomic E-state index is 12.4. The number of anilines is 2. The van der Waals surface area contributed by atoms with E-state index in [1.807, 2.05) is 6.07 Å². The normalized spacial score (nSPS) is 10.9. The monoisotopic (exact) mass is 365 g/mol. The Bertz CT molecular complexity index is 822. The van der Waals surface area contributed by atoms with Gasteiger partial charge >= 0.3 is 0 Å². The molecular weight excluding hydrogens is 354 g/mol. The van der Waals surface area contributed by atoms with Crippen LogP contribution < -0.4 is 10.5 Å². The molecule has 0 spiro atoms. The van der Waals surface area contributed by atoms with E-state index in [1.54, 1.807) is 19.1 Å². The summed E-state index contributed by atoms with van der Waals surface area (Å²) in [7, 11) is -3.81. The predicted octanol–water partition coefficient (Wildman–Crippen LogP) is 3.01. The molecule has 0 aliphatic rings. The number of nitriles is 1. The minimum atomic E-state index is -3.81. The number of sulfonamides is 1. The third-order valence-electron chi connectivity index (χ3n) is 2.73. The van der Waals surface area contributed by atoms with Gasteiger partial charge in [-0.2, -0.15) is 5.26 Å². The van der Waals surface area contributed by atoms with E-state index in [9.17, 15) is 8.42 Å². The van der Waals surface area contributed by atoms with E-state index < -0.39 is 10.0 Å². The summed E-state index contributed by atoms with van der Waals surface area (Å²) in [6.45, 7) is 1.76. The van der Waals surface area contributed by atoms with Gasteiger partial charge in [0.25, 0.3) is 10.0 Å². The standard InChI is InChI=1S/C14H12BrN3O2S/c1-9-4-12(17)7-13(5-9)21(19,20)18-14-6-11(15)3-2-10(14)8-16/h2-7,18H,17H2,1H3. The van der Waals surface area contributed by atoms with Gasteiger partial charge in [0.2, 0.25) is 0 Å². The van der Waals surface area contributed by atoms with Crippen LogP contribution in [0.2, 0.25) is 0 Å². The van der Waals surface area contributed by atoms with E-state index in [0.717, 1.165) is 5.56 Å². The molecule has 3 N–H and O–H groups in total. The average Bonchev–Trinajstić information content (AvgIpc) is 2.37. The Morgan fingerprint density at radius 1 is 1.24 bits per heavy atom. The lowest BCUT2D eigenvalue weighted by Crippen LogP contribution is -2.14. The van der Waals surface area contributed by atoms with E-state index in [4.69, 9.17) is 11.0 Å². The number of halogens is 1. The van der Waals surface area contributed by atoms with Gasteiger partial charge in [0.15, 0.2) is 0 Å². The Kier molecular flexibility index (Phi) is 4.21. The second kappa shape index (κ2) is 5.76. The summed E-state index contributed by atoms with van der Waals surface area (Å²) in [4.78, 5) is 0.0591. The minimum absolute atomic E-state index is 0.0591. The van der Waals surface area contributed by atoms with Gasteiger partial charge in [-0.25, -0.2) is 8.42 Å². The molecule has 2 aromatic carbocycles. The van der Waals surface area contributed by atoms with Crippen LogP contribution in [0.5, 0.6) is 0 Å². The molecular formula is C14H12BrN3O2S. The lowest BCUT2D eigenvalue weighted by Gasteiger charge is -2.11. The van der Waals surface area contributed by atoms with Crippen molar-refractivity contribution in [3.8, 4) is 6.07 Å². The van der Waals surface area contributed by atoms with Crippen LogP contribution in [0.4, 0.5) is 11.4 Å². The SMILES string of the molecule is Cc1cc(N)cc(S(=O)(=O)Nc2cc(Br)ccc2C#N)c1. The molecule has 0 atom stereocenters. The van der Waals surface area contributed by atoms with Crippen molar-refractivity contribution in [3.63, 3.8) is 0 Å². The third kappa shape index (κ3) is 3.54. The summed E-state index contributed by atoms with van der Waals surface area (Å²) < 4.78 is 27.9. The Hall–Kier alpha value is -2.04. The van der Waals surface area contributed by atoms with Gasteiger partial charge in [-0.3, -0.25) is 4.72 Å². The van der Waals surface area contributed by atoms with E-state index in [0.29, 0.717) is 10.2 Å². The van der Waals surface area contributed by atoms with Crippen LogP contribution in [-0.4, -0.2) is 8.42 Å². The highest BCUT2D eigenvalue weighted by Crippen LogP contribution is 2.25. The van der Waals surface area contributed by atoms with Crippen molar-refractivity contribution < 1.29 is 8.42 Å². The number of rotatable bonds is 3. The van der Waals surface area contributed by atoms with Crippen LogP contribution in [0.15, 0.2) is 45.8 Å². The predicted molar refractivity (Wildman–Crippen MR) is 85.3 cm³/mol. The van der Waals surface area contributed by atoms with Gasteiger partial charge in [0, 0.05) is 10.2 Å². The highest BCUT2D eigenvalue weighted by Gasteiger charge is 2.17. The van der Waals surface area contributed by atoms with Gasteiger partial charge in [0.05, 0.1) is 16.1 Å². The molecule has 0 unspecified atom stereocenters. The maximum Gasteiger partial charge on any atom is 0.262 e. The zero-order chi connectivity index (χ0) is 15.6. The number of benzene rings is 2. The topological polar surface area (TPSA) is 96.0 Å². The quantitative estimate of drug-likeness (QED) is 0.817. The summed E-state index contributed by atoms with van der Waals surface area (Å²) in [5, 5.41) is 9.04. The van der Waals surface area contributed by atoms with Gasteiger partial charge in [0.1, 0.15) is 6.07 Å². The maximum absolute atomic E-state index is 12.4. The zero-order valence-electron chi connectivity index (χ0n) is 11.1. The van der Waals surface area contributed by atoms with Gasteiger partial charge in [-0.05, 0) is 48.9 Å². The molecule has 108 valence electrons. The lowest BCUT2D eigenvalue weighted by atomic mass is 10.2. The third-order valence-corrected chi connectivity index (χ3v) is 4.57. The fourth-order valence-electron chi connectivity index (χ4n) is 1.83. The number of nitrogens with one attached hydrogen (secondary N) is 1. The number of nitrogens with two attached hydrogens (primary N) is 1. The summed E-state index contributed by atoms with van der Waals surface area (Å²) in [5.74, 6) is 0. The van der Waals surface area contributed by atoms with Crippen LogP contribution in [0.3, 0.4) is 0 Å². The molecule has 0 saturated heterocycles. The first-order valence-corrected chi connectivity index (χ1v) is 8.19. The van der Waals surface area contributed by atoms with Crippen molar-refractivity contribution >= 4 is 37.3 Å². The Labute approximate surface area is 131 Å². The second-order valence-electron chi connectivity index (χ2n) is 4.49. The highest BCUT2D eigenvalue weighted by molar-refractivity contribution is 9.10. The Morgan fingerprint density at radius 2 is 1.95 bits per heavy atom. The lowest BCUT2D eigenvalue weighted by molar-refractivity contribution is 0.601. The molecule has 0 bridgehead atoms. The first-order chi connectivity index (χ1) is 9.81.